The third kappa shape index (κ3) is 2.67. The molecule has 0 unspecified atom stereocenters. The van der Waals surface area contributed by atoms with E-state index >= 15 is 0 Å². The van der Waals surface area contributed by atoms with Gasteiger partial charge >= 0.3 is 0 Å². The highest BCUT2D eigenvalue weighted by Gasteiger charge is 2.15. The molecule has 0 fully saturated rings. The first-order valence-electron chi connectivity index (χ1n) is 9.80. The Morgan fingerprint density at radius 3 is 2.37 bits per heavy atom. The predicted molar refractivity (Wildman–Crippen MR) is 124 cm³/mol. The van der Waals surface area contributed by atoms with Gasteiger partial charge in [0.1, 0.15) is 0 Å². The van der Waals surface area contributed by atoms with E-state index in [0.717, 1.165) is 33.5 Å². The minimum atomic E-state index is 0.687. The lowest BCUT2D eigenvalue weighted by atomic mass is 10.0. The van der Waals surface area contributed by atoms with Crippen molar-refractivity contribution >= 4 is 39.2 Å². The standard InChI is InChI=1S/C26H16ClN3/c27-19-14-12-18(13-15-19)23-16-25(21-9-5-7-17-6-1-2-8-20(17)21)30-24-11-4-3-10-22(24)28-26(30)29-23/h1-16H. The summed E-state index contributed by atoms with van der Waals surface area (Å²) in [6.45, 7) is 0. The molecule has 0 N–H and O–H groups in total. The molecular formula is C26H16ClN3. The van der Waals surface area contributed by atoms with E-state index in [-0.39, 0.29) is 0 Å². The van der Waals surface area contributed by atoms with Crippen molar-refractivity contribution in [3.05, 3.63) is 102 Å². The third-order valence-corrected chi connectivity index (χ3v) is 5.74. The fourth-order valence-electron chi connectivity index (χ4n) is 4.08. The second-order valence-electron chi connectivity index (χ2n) is 7.30. The zero-order valence-corrected chi connectivity index (χ0v) is 16.7. The molecule has 2 aromatic heterocycles. The highest BCUT2D eigenvalue weighted by molar-refractivity contribution is 6.30. The van der Waals surface area contributed by atoms with Crippen LogP contribution < -0.4 is 0 Å². The Balaban J connectivity index is 1.75. The van der Waals surface area contributed by atoms with Crippen LogP contribution in [0.4, 0.5) is 0 Å². The van der Waals surface area contributed by atoms with Crippen LogP contribution in [0.5, 0.6) is 0 Å². The maximum absolute atomic E-state index is 6.10. The molecule has 30 heavy (non-hydrogen) atoms. The third-order valence-electron chi connectivity index (χ3n) is 5.48. The second-order valence-corrected chi connectivity index (χ2v) is 7.73. The summed E-state index contributed by atoms with van der Waals surface area (Å²) in [7, 11) is 0. The summed E-state index contributed by atoms with van der Waals surface area (Å²) in [6, 6.07) is 32.9. The lowest BCUT2D eigenvalue weighted by molar-refractivity contribution is 1.15. The van der Waals surface area contributed by atoms with E-state index in [1.807, 2.05) is 42.5 Å². The van der Waals surface area contributed by atoms with Gasteiger partial charge in [0.25, 0.3) is 0 Å². The fraction of sp³-hybridized carbons (Fsp3) is 0. The van der Waals surface area contributed by atoms with E-state index in [2.05, 4.69) is 59.0 Å². The van der Waals surface area contributed by atoms with Crippen molar-refractivity contribution in [2.45, 2.75) is 0 Å². The van der Waals surface area contributed by atoms with Crippen LogP contribution in [0.15, 0.2) is 97.1 Å². The van der Waals surface area contributed by atoms with Gasteiger partial charge in [0.05, 0.1) is 22.4 Å². The molecule has 4 aromatic carbocycles. The van der Waals surface area contributed by atoms with Crippen molar-refractivity contribution < 1.29 is 0 Å². The molecule has 2 heterocycles. The molecule has 0 saturated carbocycles. The van der Waals surface area contributed by atoms with Crippen LogP contribution in [-0.4, -0.2) is 14.4 Å². The molecule has 6 rings (SSSR count). The first-order valence-corrected chi connectivity index (χ1v) is 10.2. The van der Waals surface area contributed by atoms with Gasteiger partial charge in [-0.05, 0) is 41.1 Å². The highest BCUT2D eigenvalue weighted by atomic mass is 35.5. The van der Waals surface area contributed by atoms with Gasteiger partial charge < -0.3 is 0 Å². The lowest BCUT2D eigenvalue weighted by Gasteiger charge is -2.12. The van der Waals surface area contributed by atoms with Crippen molar-refractivity contribution in [2.75, 3.05) is 0 Å². The molecule has 0 atom stereocenters. The molecule has 0 aliphatic carbocycles. The summed E-state index contributed by atoms with van der Waals surface area (Å²) in [5, 5.41) is 3.12. The van der Waals surface area contributed by atoms with Gasteiger partial charge in [-0.3, -0.25) is 4.40 Å². The Labute approximate surface area is 178 Å². The Hall–Kier alpha value is -3.69. The normalized spacial score (nSPS) is 11.5. The van der Waals surface area contributed by atoms with Crippen LogP contribution in [0, 0.1) is 0 Å². The second kappa shape index (κ2) is 6.68. The van der Waals surface area contributed by atoms with Crippen molar-refractivity contribution in [1.82, 2.24) is 14.4 Å². The smallest absolute Gasteiger partial charge is 0.235 e. The number of imidazole rings is 1. The van der Waals surface area contributed by atoms with Crippen LogP contribution in [0.25, 0.3) is 50.1 Å². The first-order chi connectivity index (χ1) is 14.8. The molecule has 4 heteroatoms. The molecular weight excluding hydrogens is 390 g/mol. The molecule has 0 bridgehead atoms. The maximum Gasteiger partial charge on any atom is 0.235 e. The molecule has 142 valence electrons. The number of nitrogens with zero attached hydrogens (tertiary/aromatic N) is 3. The summed E-state index contributed by atoms with van der Waals surface area (Å²) in [6.07, 6.45) is 0. The SMILES string of the molecule is Clc1ccc(-c2cc(-c3cccc4ccccc34)n3c(n2)nc2ccccc23)cc1. The number of hydrogen-bond acceptors (Lipinski definition) is 2. The van der Waals surface area contributed by atoms with E-state index in [9.17, 15) is 0 Å². The number of aromatic nitrogens is 3. The molecule has 0 aliphatic heterocycles. The number of hydrogen-bond donors (Lipinski definition) is 0. The number of rotatable bonds is 2. The van der Waals surface area contributed by atoms with Crippen LogP contribution in [0.1, 0.15) is 0 Å². The lowest BCUT2D eigenvalue weighted by Crippen LogP contribution is -1.98. The highest BCUT2D eigenvalue weighted by Crippen LogP contribution is 2.33. The average molecular weight is 406 g/mol. The summed E-state index contributed by atoms with van der Waals surface area (Å²) in [5.41, 5.74) is 6.08. The zero-order valence-electron chi connectivity index (χ0n) is 16.0. The summed E-state index contributed by atoms with van der Waals surface area (Å²) >= 11 is 6.10. The average Bonchev–Trinajstić information content (AvgIpc) is 3.17. The molecule has 0 saturated heterocycles. The van der Waals surface area contributed by atoms with Gasteiger partial charge in [-0.25, -0.2) is 9.97 Å². The van der Waals surface area contributed by atoms with Crippen LogP contribution in [-0.2, 0) is 0 Å². The van der Waals surface area contributed by atoms with Gasteiger partial charge in [-0.2, -0.15) is 0 Å². The molecule has 0 radical (unpaired) electrons. The van der Waals surface area contributed by atoms with Gasteiger partial charge in [0, 0.05) is 16.1 Å². The van der Waals surface area contributed by atoms with Crippen LogP contribution in [0.3, 0.4) is 0 Å². The molecule has 3 nitrogen and oxygen atoms in total. The Kier molecular flexibility index (Phi) is 3.83. The fourth-order valence-corrected chi connectivity index (χ4v) is 4.20. The Morgan fingerprint density at radius 2 is 1.47 bits per heavy atom. The monoisotopic (exact) mass is 405 g/mol. The molecule has 0 amide bonds. The topological polar surface area (TPSA) is 30.2 Å². The minimum absolute atomic E-state index is 0.687. The van der Waals surface area contributed by atoms with Crippen molar-refractivity contribution in [1.29, 1.82) is 0 Å². The maximum atomic E-state index is 6.10. The number of fused-ring (bicyclic) bond motifs is 4. The van der Waals surface area contributed by atoms with Crippen molar-refractivity contribution in [2.24, 2.45) is 0 Å². The van der Waals surface area contributed by atoms with E-state index in [4.69, 9.17) is 21.6 Å². The Bertz CT molecular complexity index is 1540. The van der Waals surface area contributed by atoms with E-state index in [1.54, 1.807) is 0 Å². The van der Waals surface area contributed by atoms with Crippen molar-refractivity contribution in [3.63, 3.8) is 0 Å². The summed E-state index contributed by atoms with van der Waals surface area (Å²) < 4.78 is 2.15. The molecule has 0 aliphatic rings. The largest absolute Gasteiger partial charge is 0.276 e. The zero-order chi connectivity index (χ0) is 20.1. The molecule has 6 aromatic rings. The quantitative estimate of drug-likeness (QED) is 0.309. The van der Waals surface area contributed by atoms with E-state index < -0.39 is 0 Å². The van der Waals surface area contributed by atoms with E-state index in [1.165, 1.54) is 10.8 Å². The van der Waals surface area contributed by atoms with Gasteiger partial charge in [-0.15, -0.1) is 0 Å². The Morgan fingerprint density at radius 1 is 0.700 bits per heavy atom. The van der Waals surface area contributed by atoms with Crippen LogP contribution >= 0.6 is 11.6 Å². The minimum Gasteiger partial charge on any atom is -0.276 e. The van der Waals surface area contributed by atoms with Gasteiger partial charge in [0.15, 0.2) is 0 Å². The van der Waals surface area contributed by atoms with Gasteiger partial charge in [-0.1, -0.05) is 78.3 Å². The summed E-state index contributed by atoms with van der Waals surface area (Å²) in [4.78, 5) is 9.70. The van der Waals surface area contributed by atoms with Crippen LogP contribution in [0.2, 0.25) is 5.02 Å². The first kappa shape index (κ1) is 17.2. The van der Waals surface area contributed by atoms with E-state index in [0.29, 0.717) is 10.8 Å². The summed E-state index contributed by atoms with van der Waals surface area (Å²) in [5.74, 6) is 0.687. The number of halogens is 1. The van der Waals surface area contributed by atoms with Crippen molar-refractivity contribution in [3.8, 4) is 22.5 Å². The molecule has 0 spiro atoms. The number of para-hydroxylation sites is 2. The number of benzene rings is 4. The predicted octanol–water partition coefficient (Wildman–Crippen LogP) is 7.02. The van der Waals surface area contributed by atoms with Gasteiger partial charge in [0.2, 0.25) is 5.78 Å².